The molecular weight excluding hydrogens is 292 g/mol. The maximum Gasteiger partial charge on any atom is 0.176 e. The van der Waals surface area contributed by atoms with E-state index in [0.717, 1.165) is 10.8 Å². The van der Waals surface area contributed by atoms with Crippen LogP contribution in [0, 0.1) is 0 Å². The van der Waals surface area contributed by atoms with Gasteiger partial charge in [0.05, 0.1) is 19.0 Å². The molecule has 0 atom stereocenters. The van der Waals surface area contributed by atoms with E-state index in [1.54, 1.807) is 38.4 Å². The summed E-state index contributed by atoms with van der Waals surface area (Å²) in [6.07, 6.45) is 1.70. The molecule has 1 aromatic heterocycles. The van der Waals surface area contributed by atoms with E-state index in [1.807, 2.05) is 24.3 Å². The molecule has 3 rings (SSSR count). The summed E-state index contributed by atoms with van der Waals surface area (Å²) in [7, 11) is 1.58. The van der Waals surface area contributed by atoms with Crippen molar-refractivity contribution in [2.75, 3.05) is 12.5 Å². The molecule has 23 heavy (non-hydrogen) atoms. The molecule has 2 aromatic carbocycles. The molecule has 0 aliphatic rings. The predicted octanol–water partition coefficient (Wildman–Crippen LogP) is 3.18. The average molecular weight is 308 g/mol. The molecule has 6 nitrogen and oxygen atoms in total. The number of aromatic nitrogens is 2. The van der Waals surface area contributed by atoms with Gasteiger partial charge < -0.3 is 9.84 Å². The van der Waals surface area contributed by atoms with Crippen LogP contribution in [-0.4, -0.2) is 28.1 Å². The number of benzene rings is 2. The molecule has 0 aliphatic heterocycles. The van der Waals surface area contributed by atoms with Crippen LogP contribution in [0.15, 0.2) is 53.8 Å². The van der Waals surface area contributed by atoms with E-state index < -0.39 is 0 Å². The van der Waals surface area contributed by atoms with Crippen LogP contribution in [0.1, 0.15) is 12.5 Å². The van der Waals surface area contributed by atoms with E-state index in [2.05, 4.69) is 20.7 Å². The van der Waals surface area contributed by atoms with Gasteiger partial charge in [-0.05, 0) is 25.1 Å². The molecule has 116 valence electrons. The van der Waals surface area contributed by atoms with Crippen molar-refractivity contribution in [1.82, 2.24) is 10.2 Å². The highest BCUT2D eigenvalue weighted by molar-refractivity contribution is 6.02. The van der Waals surface area contributed by atoms with Crippen LogP contribution < -0.4 is 10.2 Å². The van der Waals surface area contributed by atoms with Gasteiger partial charge in [-0.25, -0.2) is 0 Å². The molecule has 0 spiro atoms. The van der Waals surface area contributed by atoms with E-state index in [0.29, 0.717) is 22.8 Å². The molecule has 3 aromatic rings. The summed E-state index contributed by atoms with van der Waals surface area (Å²) in [5.41, 5.74) is 4.11. The number of phenols is 1. The first kappa shape index (κ1) is 14.8. The third-order valence-corrected chi connectivity index (χ3v) is 3.49. The fourth-order valence-electron chi connectivity index (χ4n) is 2.24. The zero-order valence-electron chi connectivity index (χ0n) is 12.8. The fourth-order valence-corrected chi connectivity index (χ4v) is 2.24. The number of fused-ring (bicyclic) bond motifs is 1. The molecule has 1 heterocycles. The predicted molar refractivity (Wildman–Crippen MR) is 90.0 cm³/mol. The van der Waals surface area contributed by atoms with Crippen molar-refractivity contribution < 1.29 is 9.84 Å². The fraction of sp³-hybridized carbons (Fsp3) is 0.118. The van der Waals surface area contributed by atoms with Gasteiger partial charge in [0.15, 0.2) is 5.82 Å². The summed E-state index contributed by atoms with van der Waals surface area (Å²) in [4.78, 5) is 0. The quantitative estimate of drug-likeness (QED) is 0.571. The van der Waals surface area contributed by atoms with Gasteiger partial charge in [-0.15, -0.1) is 5.10 Å². The Morgan fingerprint density at radius 3 is 2.87 bits per heavy atom. The number of hydrogen-bond donors (Lipinski definition) is 2. The minimum atomic E-state index is 0.137. The van der Waals surface area contributed by atoms with Gasteiger partial charge in [-0.1, -0.05) is 24.3 Å². The summed E-state index contributed by atoms with van der Waals surface area (Å²) >= 11 is 0. The van der Waals surface area contributed by atoms with Gasteiger partial charge >= 0.3 is 0 Å². The number of hydrazone groups is 1. The lowest BCUT2D eigenvalue weighted by Crippen LogP contribution is -2.02. The molecule has 0 amide bonds. The Labute approximate surface area is 133 Å². The number of nitrogens with one attached hydrogen (secondary N) is 1. The minimum absolute atomic E-state index is 0.137. The third kappa shape index (κ3) is 3.06. The highest BCUT2D eigenvalue weighted by Gasteiger charge is 2.07. The Balaban J connectivity index is 1.92. The number of nitrogens with zero attached hydrogens (tertiary/aromatic N) is 3. The normalized spacial score (nSPS) is 11.5. The standard InChI is InChI=1S/C17H16N4O2/c1-11(15-9-13(23-2)7-8-16(15)22)19-21-17-14-6-4-3-5-12(14)10-18-20-17/h3-10,22H,1-2H3,(H,20,21)/b19-11+. The zero-order valence-corrected chi connectivity index (χ0v) is 12.8. The molecule has 0 saturated heterocycles. The summed E-state index contributed by atoms with van der Waals surface area (Å²) in [5.74, 6) is 1.35. The summed E-state index contributed by atoms with van der Waals surface area (Å²) in [6, 6.07) is 12.8. The van der Waals surface area contributed by atoms with Gasteiger partial charge in [-0.2, -0.15) is 10.2 Å². The van der Waals surface area contributed by atoms with Crippen molar-refractivity contribution in [1.29, 1.82) is 0 Å². The molecule has 0 aliphatic carbocycles. The SMILES string of the molecule is COc1ccc(O)c(/C(C)=N/Nc2nncc3ccccc23)c1. The Morgan fingerprint density at radius 1 is 1.22 bits per heavy atom. The second-order valence-corrected chi connectivity index (χ2v) is 4.97. The van der Waals surface area contributed by atoms with Gasteiger partial charge in [0.1, 0.15) is 11.5 Å². The van der Waals surface area contributed by atoms with Crippen LogP contribution in [0.3, 0.4) is 0 Å². The highest BCUT2D eigenvalue weighted by Crippen LogP contribution is 2.24. The zero-order chi connectivity index (χ0) is 16.2. The molecule has 0 bridgehead atoms. The van der Waals surface area contributed by atoms with Crippen LogP contribution >= 0.6 is 0 Å². The number of hydrogen-bond acceptors (Lipinski definition) is 6. The van der Waals surface area contributed by atoms with Crippen LogP contribution in [-0.2, 0) is 0 Å². The lowest BCUT2D eigenvalue weighted by Gasteiger charge is -2.08. The summed E-state index contributed by atoms with van der Waals surface area (Å²) in [6.45, 7) is 1.79. The molecule has 0 radical (unpaired) electrons. The summed E-state index contributed by atoms with van der Waals surface area (Å²) < 4.78 is 5.17. The Hall–Kier alpha value is -3.15. The number of aromatic hydroxyl groups is 1. The second-order valence-electron chi connectivity index (χ2n) is 4.97. The van der Waals surface area contributed by atoms with Crippen LogP contribution in [0.2, 0.25) is 0 Å². The Bertz CT molecular complexity index is 872. The lowest BCUT2D eigenvalue weighted by atomic mass is 10.1. The second kappa shape index (κ2) is 6.31. The minimum Gasteiger partial charge on any atom is -0.507 e. The van der Waals surface area contributed by atoms with E-state index in [4.69, 9.17) is 4.74 Å². The van der Waals surface area contributed by atoms with E-state index in [9.17, 15) is 5.11 Å². The maximum atomic E-state index is 9.98. The number of phenolic OH excluding ortho intramolecular Hbond substituents is 1. The summed E-state index contributed by atoms with van der Waals surface area (Å²) in [5, 5.41) is 24.2. The van der Waals surface area contributed by atoms with Crippen LogP contribution in [0.5, 0.6) is 11.5 Å². The van der Waals surface area contributed by atoms with Gasteiger partial charge in [0.25, 0.3) is 0 Å². The van der Waals surface area contributed by atoms with Crippen molar-refractivity contribution in [3.63, 3.8) is 0 Å². The molecule has 0 unspecified atom stereocenters. The van der Waals surface area contributed by atoms with Crippen molar-refractivity contribution in [2.45, 2.75) is 6.92 Å². The van der Waals surface area contributed by atoms with Crippen molar-refractivity contribution in [2.24, 2.45) is 5.10 Å². The van der Waals surface area contributed by atoms with Crippen molar-refractivity contribution in [3.05, 3.63) is 54.2 Å². The highest BCUT2D eigenvalue weighted by atomic mass is 16.5. The largest absolute Gasteiger partial charge is 0.507 e. The number of methoxy groups -OCH3 is 1. The Morgan fingerprint density at radius 2 is 2.04 bits per heavy atom. The first-order chi connectivity index (χ1) is 11.2. The first-order valence-electron chi connectivity index (χ1n) is 7.07. The van der Waals surface area contributed by atoms with Gasteiger partial charge in [0.2, 0.25) is 0 Å². The first-order valence-corrected chi connectivity index (χ1v) is 7.07. The van der Waals surface area contributed by atoms with Gasteiger partial charge in [0, 0.05) is 16.3 Å². The van der Waals surface area contributed by atoms with E-state index in [1.165, 1.54) is 0 Å². The van der Waals surface area contributed by atoms with E-state index in [-0.39, 0.29) is 5.75 Å². The third-order valence-electron chi connectivity index (χ3n) is 3.49. The Kier molecular flexibility index (Phi) is 4.05. The smallest absolute Gasteiger partial charge is 0.176 e. The monoisotopic (exact) mass is 308 g/mol. The molecule has 0 saturated carbocycles. The number of ether oxygens (including phenoxy) is 1. The maximum absolute atomic E-state index is 9.98. The molecular formula is C17H16N4O2. The van der Waals surface area contributed by atoms with Gasteiger partial charge in [-0.3, -0.25) is 5.43 Å². The molecule has 0 fully saturated rings. The van der Waals surface area contributed by atoms with Crippen molar-refractivity contribution in [3.8, 4) is 11.5 Å². The topological polar surface area (TPSA) is 79.6 Å². The van der Waals surface area contributed by atoms with Crippen molar-refractivity contribution >= 4 is 22.3 Å². The van der Waals surface area contributed by atoms with E-state index >= 15 is 0 Å². The average Bonchev–Trinajstić information content (AvgIpc) is 2.60. The molecule has 6 heteroatoms. The number of anilines is 1. The van der Waals surface area contributed by atoms with Crippen LogP contribution in [0.25, 0.3) is 10.8 Å². The molecule has 2 N–H and O–H groups in total. The van der Waals surface area contributed by atoms with Crippen LogP contribution in [0.4, 0.5) is 5.82 Å². The lowest BCUT2D eigenvalue weighted by molar-refractivity contribution is 0.412. The number of rotatable bonds is 4.